The Balaban J connectivity index is 1.84. The van der Waals surface area contributed by atoms with E-state index in [4.69, 9.17) is 4.98 Å². The van der Waals surface area contributed by atoms with Gasteiger partial charge < -0.3 is 5.11 Å². The lowest BCUT2D eigenvalue weighted by Gasteiger charge is -2.29. The monoisotopic (exact) mass is 463 g/mol. The van der Waals surface area contributed by atoms with Crippen LogP contribution >= 0.6 is 0 Å². The number of pyridine rings is 1. The van der Waals surface area contributed by atoms with Gasteiger partial charge in [0.1, 0.15) is 5.75 Å². The molecule has 0 aliphatic carbocycles. The topological polar surface area (TPSA) is 33.1 Å². The lowest BCUT2D eigenvalue weighted by molar-refractivity contribution is 0.422. The van der Waals surface area contributed by atoms with Gasteiger partial charge in [0.15, 0.2) is 0 Å². The predicted molar refractivity (Wildman–Crippen MR) is 149 cm³/mol. The Hall–Kier alpha value is -3.39. The van der Waals surface area contributed by atoms with Gasteiger partial charge in [0, 0.05) is 23.4 Å². The molecule has 1 N–H and O–H groups in total. The number of hydrogen-bond donors (Lipinski definition) is 1. The van der Waals surface area contributed by atoms with Gasteiger partial charge in [-0.3, -0.25) is 4.98 Å². The summed E-state index contributed by atoms with van der Waals surface area (Å²) in [7, 11) is 0. The van der Waals surface area contributed by atoms with Crippen LogP contribution in [0.1, 0.15) is 75.4 Å². The van der Waals surface area contributed by atoms with Crippen molar-refractivity contribution in [2.24, 2.45) is 0 Å². The fraction of sp³-hybridized carbons (Fsp3) is 0.303. The molecule has 0 bridgehead atoms. The van der Waals surface area contributed by atoms with Crippen molar-refractivity contribution < 1.29 is 5.11 Å². The maximum absolute atomic E-state index is 11.3. The van der Waals surface area contributed by atoms with Gasteiger partial charge in [-0.25, -0.2) is 0 Å². The summed E-state index contributed by atoms with van der Waals surface area (Å²) in [6, 6.07) is 27.4. The first-order valence-electron chi connectivity index (χ1n) is 12.5. The Morgan fingerprint density at radius 1 is 0.771 bits per heavy atom. The molecule has 180 valence electrons. The van der Waals surface area contributed by atoms with Crippen molar-refractivity contribution in [2.45, 2.75) is 64.7 Å². The predicted octanol–water partition coefficient (Wildman–Crippen LogP) is 8.58. The molecule has 1 aromatic heterocycles. The van der Waals surface area contributed by atoms with Crippen LogP contribution in [0, 0.1) is 0 Å². The minimum Gasteiger partial charge on any atom is -0.507 e. The summed E-state index contributed by atoms with van der Waals surface area (Å²) in [5, 5.41) is 12.4. The third-order valence-electron chi connectivity index (χ3n) is 6.58. The molecule has 2 heteroatoms. The Morgan fingerprint density at radius 3 is 2.00 bits per heavy atom. The molecule has 2 nitrogen and oxygen atoms in total. The number of phenolic OH excluding ortho intramolecular Hbond substituents is 1. The highest BCUT2D eigenvalue weighted by atomic mass is 16.3. The van der Waals surface area contributed by atoms with Crippen LogP contribution in [0.5, 0.6) is 5.75 Å². The average Bonchev–Trinajstić information content (AvgIpc) is 2.81. The molecule has 1 unspecified atom stereocenters. The van der Waals surface area contributed by atoms with E-state index >= 15 is 0 Å². The molecule has 1 heterocycles. The van der Waals surface area contributed by atoms with E-state index in [2.05, 4.69) is 114 Å². The number of allylic oxidation sites excluding steroid dienone is 1. The maximum atomic E-state index is 11.3. The smallest absolute Gasteiger partial charge is 0.123 e. The molecule has 1 atom stereocenters. The average molecular weight is 464 g/mol. The Labute approximate surface area is 210 Å². The molecule has 0 aliphatic rings. The van der Waals surface area contributed by atoms with Gasteiger partial charge >= 0.3 is 0 Å². The molecular weight excluding hydrogens is 426 g/mol. The zero-order chi connectivity index (χ0) is 25.2. The van der Waals surface area contributed by atoms with E-state index in [1.807, 2.05) is 18.2 Å². The van der Waals surface area contributed by atoms with Crippen LogP contribution in [0.25, 0.3) is 17.0 Å². The van der Waals surface area contributed by atoms with E-state index in [1.54, 1.807) is 0 Å². The van der Waals surface area contributed by atoms with Crippen molar-refractivity contribution in [2.75, 3.05) is 0 Å². The number of phenols is 1. The first-order valence-corrected chi connectivity index (χ1v) is 12.5. The highest BCUT2D eigenvalue weighted by molar-refractivity contribution is 5.78. The molecule has 0 saturated carbocycles. The summed E-state index contributed by atoms with van der Waals surface area (Å²) >= 11 is 0. The first-order chi connectivity index (χ1) is 16.5. The van der Waals surface area contributed by atoms with Crippen LogP contribution in [0.4, 0.5) is 0 Å². The lowest BCUT2D eigenvalue weighted by atomic mass is 9.76. The van der Waals surface area contributed by atoms with Crippen LogP contribution in [0.15, 0.2) is 84.9 Å². The van der Waals surface area contributed by atoms with Gasteiger partial charge in [0.2, 0.25) is 0 Å². The molecule has 0 aliphatic heterocycles. The lowest BCUT2D eigenvalue weighted by Crippen LogP contribution is -2.18. The zero-order valence-electron chi connectivity index (χ0n) is 21.8. The quantitative estimate of drug-likeness (QED) is 0.321. The van der Waals surface area contributed by atoms with Crippen LogP contribution in [0.3, 0.4) is 0 Å². The van der Waals surface area contributed by atoms with E-state index in [0.717, 1.165) is 34.1 Å². The maximum Gasteiger partial charge on any atom is 0.123 e. The van der Waals surface area contributed by atoms with Crippen molar-refractivity contribution in [1.82, 2.24) is 4.98 Å². The summed E-state index contributed by atoms with van der Waals surface area (Å²) in [6.45, 7) is 13.0. The van der Waals surface area contributed by atoms with Crippen molar-refractivity contribution in [1.29, 1.82) is 0 Å². The summed E-state index contributed by atoms with van der Waals surface area (Å²) < 4.78 is 0. The van der Waals surface area contributed by atoms with Crippen molar-refractivity contribution in [3.63, 3.8) is 0 Å². The molecule has 0 amide bonds. The summed E-state index contributed by atoms with van der Waals surface area (Å²) in [6.07, 6.45) is 5.27. The van der Waals surface area contributed by atoms with Crippen molar-refractivity contribution >= 4 is 17.0 Å². The second-order valence-electron chi connectivity index (χ2n) is 11.5. The van der Waals surface area contributed by atoms with Crippen molar-refractivity contribution in [3.8, 4) is 5.75 Å². The number of fused-ring (bicyclic) bond motifs is 1. The Bertz CT molecular complexity index is 1300. The number of para-hydroxylation sites is 1. The molecule has 4 rings (SSSR count). The minimum absolute atomic E-state index is 0.117. The molecule has 0 fully saturated rings. The fourth-order valence-corrected chi connectivity index (χ4v) is 4.55. The number of hydrogen-bond acceptors (Lipinski definition) is 2. The van der Waals surface area contributed by atoms with Crippen LogP contribution in [0.2, 0.25) is 0 Å². The van der Waals surface area contributed by atoms with E-state index in [1.165, 1.54) is 11.1 Å². The number of aromatic hydroxyl groups is 1. The standard InChI is InChI=1S/C33H37NO/c1-32(2,3)28-21-26(22-29(31(28)35)33(4,5)6)25(17-16-23-12-8-7-9-13-23)20-27-19-18-24-14-10-11-15-30(24)34-27/h7-19,21-22,25,35H,20H2,1-6H3/b17-16+. The Morgan fingerprint density at radius 2 is 1.37 bits per heavy atom. The van der Waals surface area contributed by atoms with Gasteiger partial charge in [-0.2, -0.15) is 0 Å². The normalized spacial score (nSPS) is 13.4. The molecule has 35 heavy (non-hydrogen) atoms. The summed E-state index contributed by atoms with van der Waals surface area (Å²) in [4.78, 5) is 4.97. The van der Waals surface area contributed by atoms with Crippen molar-refractivity contribution in [3.05, 3.63) is 113 Å². The van der Waals surface area contributed by atoms with Gasteiger partial charge in [-0.05, 0) is 45.2 Å². The molecule has 4 aromatic rings. The van der Waals surface area contributed by atoms with E-state index in [-0.39, 0.29) is 16.7 Å². The fourth-order valence-electron chi connectivity index (χ4n) is 4.55. The van der Waals surface area contributed by atoms with Gasteiger partial charge in [-0.15, -0.1) is 0 Å². The van der Waals surface area contributed by atoms with Gasteiger partial charge in [0.25, 0.3) is 0 Å². The van der Waals surface area contributed by atoms with E-state index in [0.29, 0.717) is 5.75 Å². The van der Waals surface area contributed by atoms with Crippen LogP contribution in [-0.2, 0) is 17.3 Å². The number of nitrogens with zero attached hydrogens (tertiary/aromatic N) is 1. The SMILES string of the molecule is CC(C)(C)c1cc(C(/C=C/c2ccccc2)Cc2ccc3ccccc3n2)cc(C(C)(C)C)c1O. The van der Waals surface area contributed by atoms with E-state index in [9.17, 15) is 5.11 Å². The first kappa shape index (κ1) is 24.7. The molecular formula is C33H37NO. The molecule has 3 aromatic carbocycles. The van der Waals surface area contributed by atoms with E-state index < -0.39 is 0 Å². The number of benzene rings is 3. The second kappa shape index (κ2) is 9.70. The highest BCUT2D eigenvalue weighted by Gasteiger charge is 2.28. The minimum atomic E-state index is -0.172. The third-order valence-corrected chi connectivity index (χ3v) is 6.58. The number of rotatable bonds is 5. The zero-order valence-corrected chi connectivity index (χ0v) is 21.8. The largest absolute Gasteiger partial charge is 0.507 e. The summed E-state index contributed by atoms with van der Waals surface area (Å²) in [5.74, 6) is 0.537. The molecule has 0 saturated heterocycles. The van der Waals surface area contributed by atoms with Crippen LogP contribution < -0.4 is 0 Å². The van der Waals surface area contributed by atoms with Gasteiger partial charge in [0.05, 0.1) is 5.52 Å². The number of aromatic nitrogens is 1. The van der Waals surface area contributed by atoms with Crippen LogP contribution in [-0.4, -0.2) is 10.1 Å². The highest BCUT2D eigenvalue weighted by Crippen LogP contribution is 2.42. The molecule has 0 spiro atoms. The third kappa shape index (κ3) is 5.82. The molecule has 0 radical (unpaired) electrons. The second-order valence-corrected chi connectivity index (χ2v) is 11.5. The Kier molecular flexibility index (Phi) is 6.85. The van der Waals surface area contributed by atoms with Gasteiger partial charge in [-0.1, -0.05) is 120 Å². The summed E-state index contributed by atoms with van der Waals surface area (Å²) in [5.41, 5.74) is 6.11.